The summed E-state index contributed by atoms with van der Waals surface area (Å²) in [4.78, 5) is 1.21. The van der Waals surface area contributed by atoms with Gasteiger partial charge in [0.1, 0.15) is 0 Å². The molecule has 0 saturated carbocycles. The second kappa shape index (κ2) is 5.43. The van der Waals surface area contributed by atoms with Gasteiger partial charge in [0.2, 0.25) is 0 Å². The molecule has 0 amide bonds. The van der Waals surface area contributed by atoms with Crippen LogP contribution in [-0.2, 0) is 13.1 Å². The number of fused-ring (bicyclic) bond motifs is 1. The van der Waals surface area contributed by atoms with E-state index in [1.54, 1.807) is 11.3 Å². The molecule has 19 heavy (non-hydrogen) atoms. The number of nitrogens with one attached hydrogen (secondary N) is 1. The van der Waals surface area contributed by atoms with Crippen molar-refractivity contribution in [1.82, 2.24) is 5.32 Å². The van der Waals surface area contributed by atoms with Gasteiger partial charge >= 0.3 is 0 Å². The van der Waals surface area contributed by atoms with E-state index >= 15 is 0 Å². The first-order valence-electron chi connectivity index (χ1n) is 6.34. The highest BCUT2D eigenvalue weighted by atomic mass is 32.1. The fraction of sp³-hybridized carbons (Fsp3) is 0.125. The van der Waals surface area contributed by atoms with Crippen LogP contribution in [0, 0.1) is 0 Å². The lowest BCUT2D eigenvalue weighted by Crippen LogP contribution is -2.12. The Balaban J connectivity index is 1.74. The van der Waals surface area contributed by atoms with Crippen LogP contribution >= 0.6 is 11.3 Å². The first-order chi connectivity index (χ1) is 9.34. The maximum Gasteiger partial charge on any atom is 0.0468 e. The molecular formula is C16H16N2S. The lowest BCUT2D eigenvalue weighted by Gasteiger charge is -2.08. The Hall–Kier alpha value is -1.84. The van der Waals surface area contributed by atoms with Crippen LogP contribution < -0.4 is 11.1 Å². The molecule has 3 rings (SSSR count). The fourth-order valence-corrected chi connectivity index (χ4v) is 3.02. The molecule has 96 valence electrons. The Morgan fingerprint density at radius 1 is 0.947 bits per heavy atom. The lowest BCUT2D eigenvalue weighted by molar-refractivity contribution is 0.705. The molecule has 3 heteroatoms. The van der Waals surface area contributed by atoms with Gasteiger partial charge in [-0.1, -0.05) is 42.5 Å². The topological polar surface area (TPSA) is 38.0 Å². The molecule has 3 N–H and O–H groups in total. The molecule has 0 bridgehead atoms. The molecular weight excluding hydrogens is 252 g/mol. The number of hydrogen-bond acceptors (Lipinski definition) is 3. The van der Waals surface area contributed by atoms with E-state index in [-0.39, 0.29) is 0 Å². The van der Waals surface area contributed by atoms with Crippen molar-refractivity contribution in [3.63, 3.8) is 0 Å². The van der Waals surface area contributed by atoms with Gasteiger partial charge in [-0.2, -0.15) is 0 Å². The zero-order valence-corrected chi connectivity index (χ0v) is 11.4. The molecule has 2 aromatic carbocycles. The Bertz CT molecular complexity index is 683. The predicted molar refractivity (Wildman–Crippen MR) is 83.2 cm³/mol. The van der Waals surface area contributed by atoms with Crippen molar-refractivity contribution in [2.75, 3.05) is 5.73 Å². The summed E-state index contributed by atoms with van der Waals surface area (Å²) in [5.41, 5.74) is 8.09. The molecule has 0 unspecified atom stereocenters. The van der Waals surface area contributed by atoms with Crippen molar-refractivity contribution in [3.05, 3.63) is 64.4 Å². The third-order valence-corrected chi connectivity index (χ3v) is 4.20. The van der Waals surface area contributed by atoms with Crippen LogP contribution in [0.1, 0.15) is 10.4 Å². The summed E-state index contributed by atoms with van der Waals surface area (Å²) in [6.45, 7) is 1.69. The van der Waals surface area contributed by atoms with Crippen LogP contribution in [0.25, 0.3) is 10.8 Å². The van der Waals surface area contributed by atoms with Gasteiger partial charge in [0.25, 0.3) is 0 Å². The van der Waals surface area contributed by atoms with E-state index in [9.17, 15) is 0 Å². The average molecular weight is 268 g/mol. The maximum atomic E-state index is 5.88. The van der Waals surface area contributed by atoms with Crippen LogP contribution in [0.5, 0.6) is 0 Å². The minimum atomic E-state index is 0.826. The number of hydrogen-bond donors (Lipinski definition) is 2. The van der Waals surface area contributed by atoms with E-state index in [2.05, 4.69) is 47.8 Å². The second-order valence-corrected chi connectivity index (χ2v) is 5.54. The number of benzene rings is 2. The van der Waals surface area contributed by atoms with E-state index in [0.29, 0.717) is 0 Å². The Morgan fingerprint density at radius 2 is 1.79 bits per heavy atom. The van der Waals surface area contributed by atoms with Crippen LogP contribution in [0.15, 0.2) is 53.9 Å². The van der Waals surface area contributed by atoms with Crippen LogP contribution in [0.4, 0.5) is 5.69 Å². The van der Waals surface area contributed by atoms with E-state index in [1.165, 1.54) is 21.2 Å². The zero-order chi connectivity index (χ0) is 13.1. The number of anilines is 1. The zero-order valence-electron chi connectivity index (χ0n) is 10.6. The van der Waals surface area contributed by atoms with Gasteiger partial charge < -0.3 is 11.1 Å². The third-order valence-electron chi connectivity index (χ3n) is 3.26. The van der Waals surface area contributed by atoms with E-state index in [4.69, 9.17) is 5.73 Å². The van der Waals surface area contributed by atoms with Crippen molar-refractivity contribution in [1.29, 1.82) is 0 Å². The van der Waals surface area contributed by atoms with E-state index in [1.807, 2.05) is 11.4 Å². The monoisotopic (exact) mass is 268 g/mol. The Morgan fingerprint density at radius 3 is 2.63 bits per heavy atom. The molecule has 0 atom stereocenters. The van der Waals surface area contributed by atoms with Gasteiger partial charge in [-0.15, -0.1) is 11.3 Å². The first kappa shape index (κ1) is 12.2. The Labute approximate surface area is 116 Å². The summed E-state index contributed by atoms with van der Waals surface area (Å²) in [6.07, 6.45) is 0. The summed E-state index contributed by atoms with van der Waals surface area (Å²) in [5.74, 6) is 0. The lowest BCUT2D eigenvalue weighted by atomic mass is 10.0. The molecule has 0 aliphatic heterocycles. The smallest absolute Gasteiger partial charge is 0.0468 e. The fourth-order valence-electron chi connectivity index (χ4n) is 2.25. The van der Waals surface area contributed by atoms with Gasteiger partial charge in [0.15, 0.2) is 0 Å². The van der Waals surface area contributed by atoms with Crippen molar-refractivity contribution in [3.8, 4) is 0 Å². The van der Waals surface area contributed by atoms with Gasteiger partial charge in [-0.05, 0) is 27.8 Å². The maximum absolute atomic E-state index is 5.88. The molecule has 0 saturated heterocycles. The highest BCUT2D eigenvalue weighted by molar-refractivity contribution is 7.10. The largest absolute Gasteiger partial charge is 0.398 e. The molecule has 0 spiro atoms. The second-order valence-electron chi connectivity index (χ2n) is 4.54. The minimum Gasteiger partial charge on any atom is -0.398 e. The van der Waals surface area contributed by atoms with Crippen LogP contribution in [0.2, 0.25) is 0 Å². The molecule has 1 aromatic heterocycles. The summed E-state index contributed by atoms with van der Waals surface area (Å²) >= 11 is 1.70. The highest BCUT2D eigenvalue weighted by Crippen LogP contribution is 2.20. The van der Waals surface area contributed by atoms with Gasteiger partial charge in [-0.3, -0.25) is 0 Å². The number of nitrogens with two attached hydrogens (primary N) is 1. The summed E-state index contributed by atoms with van der Waals surface area (Å²) < 4.78 is 0. The summed E-state index contributed by atoms with van der Waals surface area (Å²) in [6, 6.07) is 16.9. The third kappa shape index (κ3) is 2.62. The summed E-state index contributed by atoms with van der Waals surface area (Å²) in [5, 5.41) is 8.11. The molecule has 3 aromatic rings. The minimum absolute atomic E-state index is 0.826. The number of thiophene rings is 1. The SMILES string of the molecule is Nc1ccsc1CNCc1cccc2ccccc12. The van der Waals surface area contributed by atoms with E-state index < -0.39 is 0 Å². The molecule has 2 nitrogen and oxygen atoms in total. The van der Waals surface area contributed by atoms with Crippen molar-refractivity contribution < 1.29 is 0 Å². The average Bonchev–Trinajstić information content (AvgIpc) is 2.85. The standard InChI is InChI=1S/C16H16N2S/c17-15-8-9-19-16(15)11-18-10-13-6-3-5-12-4-1-2-7-14(12)13/h1-9,18H,10-11,17H2. The highest BCUT2D eigenvalue weighted by Gasteiger charge is 2.02. The van der Waals surface area contributed by atoms with Gasteiger partial charge in [0.05, 0.1) is 0 Å². The molecule has 0 aliphatic carbocycles. The quantitative estimate of drug-likeness (QED) is 0.756. The number of rotatable bonds is 4. The summed E-state index contributed by atoms with van der Waals surface area (Å²) in [7, 11) is 0. The normalized spacial score (nSPS) is 10.9. The van der Waals surface area contributed by atoms with Gasteiger partial charge in [0, 0.05) is 23.7 Å². The molecule has 0 fully saturated rings. The van der Waals surface area contributed by atoms with Crippen LogP contribution in [-0.4, -0.2) is 0 Å². The molecule has 0 aliphatic rings. The molecule has 1 heterocycles. The van der Waals surface area contributed by atoms with Crippen LogP contribution in [0.3, 0.4) is 0 Å². The Kier molecular flexibility index (Phi) is 3.49. The predicted octanol–water partition coefficient (Wildman–Crippen LogP) is 3.77. The van der Waals surface area contributed by atoms with Crippen molar-refractivity contribution in [2.45, 2.75) is 13.1 Å². The molecule has 0 radical (unpaired) electrons. The van der Waals surface area contributed by atoms with Gasteiger partial charge in [-0.25, -0.2) is 0 Å². The van der Waals surface area contributed by atoms with Crippen molar-refractivity contribution in [2.24, 2.45) is 0 Å². The van der Waals surface area contributed by atoms with E-state index in [0.717, 1.165) is 18.8 Å². The van der Waals surface area contributed by atoms with Crippen molar-refractivity contribution >= 4 is 27.8 Å². The first-order valence-corrected chi connectivity index (χ1v) is 7.22. The number of nitrogen functional groups attached to an aromatic ring is 1.